The monoisotopic (exact) mass is 690 g/mol. The summed E-state index contributed by atoms with van der Waals surface area (Å²) in [6.07, 6.45) is 0. The van der Waals surface area contributed by atoms with Crippen LogP contribution in [0.5, 0.6) is 11.5 Å². The Morgan fingerprint density at radius 2 is 0.740 bits per heavy atom. The van der Waals surface area contributed by atoms with Crippen LogP contribution in [0.25, 0.3) is 0 Å². The van der Waals surface area contributed by atoms with Gasteiger partial charge in [0, 0.05) is 36.0 Å². The molecule has 8 rings (SSSR count). The Labute approximate surface area is 292 Å². The van der Waals surface area contributed by atoms with Gasteiger partial charge in [-0.2, -0.15) is 0 Å². The Morgan fingerprint density at radius 1 is 0.500 bits per heavy atom. The number of nitrogens with zero attached hydrogens (tertiary/aromatic N) is 2. The van der Waals surface area contributed by atoms with Gasteiger partial charge in [0.25, 0.3) is 0 Å². The van der Waals surface area contributed by atoms with E-state index in [1.165, 1.54) is 0 Å². The van der Waals surface area contributed by atoms with Crippen LogP contribution in [-0.4, -0.2) is 113 Å². The van der Waals surface area contributed by atoms with E-state index in [4.69, 9.17) is 28.4 Å². The molecule has 2 aromatic carbocycles. The van der Waals surface area contributed by atoms with E-state index in [0.717, 1.165) is 0 Å². The van der Waals surface area contributed by atoms with Crippen molar-refractivity contribution in [1.29, 1.82) is 0 Å². The molecule has 0 amide bonds. The molecule has 0 radical (unpaired) electrons. The minimum Gasteiger partial charge on any atom is -0.497 e. The zero-order valence-electron chi connectivity index (χ0n) is 29.9. The topological polar surface area (TPSA) is 130 Å². The van der Waals surface area contributed by atoms with Crippen molar-refractivity contribution in [3.8, 4) is 11.5 Å². The summed E-state index contributed by atoms with van der Waals surface area (Å²) in [6, 6.07) is 11.3. The molecule has 0 spiro atoms. The smallest absolute Gasteiger partial charge is 0.316 e. The Kier molecular flexibility index (Phi) is 8.02. The summed E-state index contributed by atoms with van der Waals surface area (Å²) in [5, 5.41) is 0. The lowest BCUT2D eigenvalue weighted by Gasteiger charge is -2.94. The quantitative estimate of drug-likeness (QED) is 0.240. The molecule has 4 heterocycles. The summed E-state index contributed by atoms with van der Waals surface area (Å²) in [6.45, 7) is 7.32. The van der Waals surface area contributed by atoms with Crippen LogP contribution in [0.4, 0.5) is 0 Å². The van der Waals surface area contributed by atoms with Gasteiger partial charge >= 0.3 is 23.9 Å². The maximum Gasteiger partial charge on any atom is 0.316 e. The highest BCUT2D eigenvalue weighted by molar-refractivity contribution is 6.03. The van der Waals surface area contributed by atoms with Gasteiger partial charge in [-0.1, -0.05) is 24.3 Å². The van der Waals surface area contributed by atoms with E-state index in [0.29, 0.717) is 22.6 Å². The Bertz CT molecular complexity index is 1490. The fourth-order valence-electron chi connectivity index (χ4n) is 12.1. The van der Waals surface area contributed by atoms with Crippen LogP contribution in [0, 0.1) is 21.7 Å². The summed E-state index contributed by atoms with van der Waals surface area (Å²) in [5.41, 5.74) is -4.43. The number of ether oxygens (including phenoxy) is 6. The molecule has 2 aliphatic carbocycles. The molecule has 0 atom stereocenters. The molecule has 2 aromatic rings. The normalized spacial score (nSPS) is 37.2. The van der Waals surface area contributed by atoms with Crippen LogP contribution < -0.4 is 9.47 Å². The highest BCUT2D eigenvalue weighted by Gasteiger charge is 3.05. The lowest BCUT2D eigenvalue weighted by molar-refractivity contribution is -0.439. The number of hydrogen-bond acceptors (Lipinski definition) is 12. The lowest BCUT2D eigenvalue weighted by atomic mass is 9.15. The predicted octanol–water partition coefficient (Wildman–Crippen LogP) is 3.18. The molecule has 0 aromatic heterocycles. The van der Waals surface area contributed by atoms with Crippen molar-refractivity contribution in [2.24, 2.45) is 21.7 Å². The first kappa shape index (κ1) is 34.3. The molecule has 268 valence electrons. The fourth-order valence-corrected chi connectivity index (χ4v) is 12.1. The summed E-state index contributed by atoms with van der Waals surface area (Å²) < 4.78 is 34.9. The van der Waals surface area contributed by atoms with Gasteiger partial charge in [0.05, 0.1) is 40.6 Å². The molecule has 4 saturated heterocycles. The van der Waals surface area contributed by atoms with Gasteiger partial charge in [-0.25, -0.2) is 0 Å². The van der Waals surface area contributed by atoms with Crippen LogP contribution in [0.3, 0.4) is 0 Å². The van der Waals surface area contributed by atoms with Crippen molar-refractivity contribution in [2.45, 2.75) is 63.7 Å². The predicted molar refractivity (Wildman–Crippen MR) is 178 cm³/mol. The highest BCUT2D eigenvalue weighted by Crippen LogP contribution is 2.92. The molecule has 2 saturated carbocycles. The number of piperidine rings is 4. The summed E-state index contributed by atoms with van der Waals surface area (Å²) in [7, 11) is 6.76. The molecular formula is C38H46N2O10. The second-order valence-corrected chi connectivity index (χ2v) is 14.0. The van der Waals surface area contributed by atoms with E-state index in [2.05, 4.69) is 0 Å². The van der Waals surface area contributed by atoms with Crippen LogP contribution >= 0.6 is 0 Å². The van der Waals surface area contributed by atoms with Gasteiger partial charge in [-0.05, 0) is 77.2 Å². The molecule has 6 fully saturated rings. The largest absolute Gasteiger partial charge is 0.497 e. The Hall–Kier alpha value is -4.16. The van der Waals surface area contributed by atoms with Gasteiger partial charge in [-0.15, -0.1) is 0 Å². The number of carbonyl (C=O) groups excluding carboxylic acids is 4. The van der Waals surface area contributed by atoms with Gasteiger partial charge < -0.3 is 28.4 Å². The standard InChI is InChI=1S/C38H46N2O10/c1-9-47-31(41)35-25(21-13-17-23(45-7)18-14-21)36(32(42)48-10-2)29-38(34(44)50-12-4)26(22-15-19-24(46-8)20-16-22)37(27(35)39(29)5,33(43)49-11-3)28(35)40(6)30(36)38/h13-20,25-30H,9-12H2,1-8H3. The Morgan fingerprint density at radius 3 is 0.940 bits per heavy atom. The third-order valence-corrected chi connectivity index (χ3v) is 12.6. The maximum atomic E-state index is 15.0. The second kappa shape index (κ2) is 11.7. The number of carbonyl (C=O) groups is 4. The number of esters is 4. The van der Waals surface area contributed by atoms with Crippen molar-refractivity contribution in [2.75, 3.05) is 54.7 Å². The fraction of sp³-hybridized carbons (Fsp3) is 0.579. The molecule has 50 heavy (non-hydrogen) atoms. The molecule has 0 N–H and O–H groups in total. The van der Waals surface area contributed by atoms with Gasteiger partial charge in [0.2, 0.25) is 0 Å². The molecule has 12 nitrogen and oxygen atoms in total. The maximum absolute atomic E-state index is 15.0. The highest BCUT2D eigenvalue weighted by atomic mass is 16.6. The first-order chi connectivity index (χ1) is 24.0. The summed E-state index contributed by atoms with van der Waals surface area (Å²) in [5.74, 6) is -2.53. The average Bonchev–Trinajstić information content (AvgIpc) is 3.07. The van der Waals surface area contributed by atoms with Gasteiger partial charge in [0.15, 0.2) is 0 Å². The van der Waals surface area contributed by atoms with Gasteiger partial charge in [-0.3, -0.25) is 29.0 Å². The van der Waals surface area contributed by atoms with E-state index in [1.807, 2.05) is 48.2 Å². The first-order valence-corrected chi connectivity index (χ1v) is 17.5. The second-order valence-electron chi connectivity index (χ2n) is 14.0. The minimum atomic E-state index is -1.45. The van der Waals surface area contributed by atoms with Crippen molar-refractivity contribution in [3.05, 3.63) is 59.7 Å². The Balaban J connectivity index is 1.64. The first-order valence-electron chi connectivity index (χ1n) is 17.5. The zero-order chi connectivity index (χ0) is 36.0. The molecule has 0 unspecified atom stereocenters. The van der Waals surface area contributed by atoms with Gasteiger partial charge in [0.1, 0.15) is 33.2 Å². The molecule has 8 bridgehead atoms. The average molecular weight is 691 g/mol. The SMILES string of the molecule is CCOC(=O)C12C(c3ccc(OC)cc3)C3(C(=O)OCC)C4N(C)C1C1(C(=O)OCC)C(c5ccc(OC)cc5)C4(C(=O)OCC)C3N(C)C21. The molecule has 6 aliphatic rings. The van der Waals surface area contributed by atoms with E-state index in [1.54, 1.807) is 66.2 Å². The van der Waals surface area contributed by atoms with E-state index >= 15 is 19.2 Å². The molecule has 4 aliphatic heterocycles. The zero-order valence-corrected chi connectivity index (χ0v) is 29.9. The molecular weight excluding hydrogens is 644 g/mol. The molecule has 12 heteroatoms. The number of rotatable bonds is 12. The van der Waals surface area contributed by atoms with Crippen LogP contribution in [0.15, 0.2) is 48.5 Å². The van der Waals surface area contributed by atoms with Crippen LogP contribution in [0.1, 0.15) is 50.7 Å². The third-order valence-electron chi connectivity index (χ3n) is 12.6. The van der Waals surface area contributed by atoms with E-state index in [-0.39, 0.29) is 26.4 Å². The summed E-state index contributed by atoms with van der Waals surface area (Å²) >= 11 is 0. The number of hydrogen-bond donors (Lipinski definition) is 0. The van der Waals surface area contributed by atoms with E-state index < -0.39 is 81.5 Å². The van der Waals surface area contributed by atoms with E-state index in [9.17, 15) is 0 Å². The van der Waals surface area contributed by atoms with Crippen molar-refractivity contribution >= 4 is 23.9 Å². The summed E-state index contributed by atoms with van der Waals surface area (Å²) in [4.78, 5) is 64.0. The van der Waals surface area contributed by atoms with Crippen LogP contribution in [-0.2, 0) is 38.1 Å². The lowest BCUT2D eigenvalue weighted by Crippen LogP contribution is -3.09. The van der Waals surface area contributed by atoms with Crippen molar-refractivity contribution < 1.29 is 47.6 Å². The van der Waals surface area contributed by atoms with Crippen LogP contribution in [0.2, 0.25) is 0 Å². The number of methoxy groups -OCH3 is 2. The number of benzene rings is 2. The van der Waals surface area contributed by atoms with Crippen molar-refractivity contribution in [3.63, 3.8) is 0 Å². The third kappa shape index (κ3) is 3.49. The minimum absolute atomic E-state index is 0.0864. The van der Waals surface area contributed by atoms with Crippen molar-refractivity contribution in [1.82, 2.24) is 9.80 Å².